The molecule has 0 aromatic heterocycles. The number of anilines is 2. The van der Waals surface area contributed by atoms with E-state index >= 15 is 0 Å². The van der Waals surface area contributed by atoms with Gasteiger partial charge < -0.3 is 9.92 Å². The molecule has 0 heterocycles. The predicted molar refractivity (Wildman–Crippen MR) is 125 cm³/mol. The summed E-state index contributed by atoms with van der Waals surface area (Å²) in [6.07, 6.45) is 0. The summed E-state index contributed by atoms with van der Waals surface area (Å²) in [6.45, 7) is 1.87. The second-order valence-corrected chi connectivity index (χ2v) is 10.5. The lowest BCUT2D eigenvalue weighted by molar-refractivity contribution is 0.486. The summed E-state index contributed by atoms with van der Waals surface area (Å²) in [7, 11) is -8.12. The number of aryl methyl sites for hydroxylation is 1. The minimum Gasteiger partial charge on any atom is -0.399 e. The van der Waals surface area contributed by atoms with E-state index in [4.69, 9.17) is 9.92 Å². The van der Waals surface area contributed by atoms with Crippen molar-refractivity contribution in [3.05, 3.63) is 90.5 Å². The molecule has 7 nitrogen and oxygen atoms in total. The fraction of sp³-hybridized carbons (Fsp3) is 0.0435. The molecule has 4 rings (SSSR count). The average molecular weight is 469 g/mol. The van der Waals surface area contributed by atoms with Gasteiger partial charge in [0.2, 0.25) is 0 Å². The van der Waals surface area contributed by atoms with Gasteiger partial charge in [0.25, 0.3) is 10.0 Å². The number of hydrogen-bond acceptors (Lipinski definition) is 6. The van der Waals surface area contributed by atoms with Crippen molar-refractivity contribution in [1.29, 1.82) is 0 Å². The first kappa shape index (κ1) is 21.7. The van der Waals surface area contributed by atoms with Crippen LogP contribution >= 0.6 is 0 Å². The molecule has 0 atom stereocenters. The fourth-order valence-electron chi connectivity index (χ4n) is 3.11. The highest BCUT2D eigenvalue weighted by molar-refractivity contribution is 7.92. The van der Waals surface area contributed by atoms with Gasteiger partial charge in [-0.15, -0.1) is 0 Å². The Balaban J connectivity index is 1.61. The van der Waals surface area contributed by atoms with E-state index in [2.05, 4.69) is 4.72 Å². The maximum Gasteiger partial charge on any atom is 0.339 e. The van der Waals surface area contributed by atoms with E-state index in [-0.39, 0.29) is 21.2 Å². The monoisotopic (exact) mass is 468 g/mol. The lowest BCUT2D eigenvalue weighted by Gasteiger charge is -2.11. The van der Waals surface area contributed by atoms with Crippen LogP contribution in [0.15, 0.2) is 94.7 Å². The molecule has 32 heavy (non-hydrogen) atoms. The van der Waals surface area contributed by atoms with Crippen LogP contribution < -0.4 is 14.6 Å². The predicted octanol–water partition coefficient (Wildman–Crippen LogP) is 4.30. The standard InChI is InChI=1S/C23H20N2O5S2/c1-16-5-10-21(11-6-16)30-32(28,29)23-4-2-3-20(15-23)25-31(26,27)22-12-8-17-7-9-19(24)13-18(17)14-22/h2-15,25H,24H2,1H3. The van der Waals surface area contributed by atoms with Crippen LogP contribution in [0.3, 0.4) is 0 Å². The molecule has 0 fully saturated rings. The van der Waals surface area contributed by atoms with Crippen LogP contribution in [0.1, 0.15) is 5.56 Å². The molecular weight excluding hydrogens is 448 g/mol. The molecule has 0 radical (unpaired) electrons. The highest BCUT2D eigenvalue weighted by Crippen LogP contribution is 2.25. The highest BCUT2D eigenvalue weighted by atomic mass is 32.2. The van der Waals surface area contributed by atoms with Gasteiger partial charge in [0, 0.05) is 5.69 Å². The van der Waals surface area contributed by atoms with Gasteiger partial charge in [-0.1, -0.05) is 35.9 Å². The average Bonchev–Trinajstić information content (AvgIpc) is 2.74. The molecule has 0 bridgehead atoms. The summed E-state index contributed by atoms with van der Waals surface area (Å²) >= 11 is 0. The Morgan fingerprint density at radius 1 is 0.750 bits per heavy atom. The topological polar surface area (TPSA) is 116 Å². The summed E-state index contributed by atoms with van der Waals surface area (Å²) in [6, 6.07) is 21.9. The third kappa shape index (κ3) is 4.68. The van der Waals surface area contributed by atoms with Crippen molar-refractivity contribution in [3.63, 3.8) is 0 Å². The molecule has 164 valence electrons. The number of sulfonamides is 1. The van der Waals surface area contributed by atoms with Crippen LogP contribution in [-0.2, 0) is 20.1 Å². The van der Waals surface area contributed by atoms with E-state index in [1.165, 1.54) is 36.4 Å². The normalized spacial score (nSPS) is 11.9. The minimum absolute atomic E-state index is 0.0276. The molecule has 0 saturated heterocycles. The number of nitrogens with two attached hydrogens (primary N) is 1. The molecule has 3 N–H and O–H groups in total. The van der Waals surface area contributed by atoms with Gasteiger partial charge in [0.05, 0.1) is 10.6 Å². The SMILES string of the molecule is Cc1ccc(OS(=O)(=O)c2cccc(NS(=O)(=O)c3ccc4ccc(N)cc4c3)c2)cc1. The smallest absolute Gasteiger partial charge is 0.339 e. The number of nitrogens with one attached hydrogen (secondary N) is 1. The van der Waals surface area contributed by atoms with Gasteiger partial charge in [-0.3, -0.25) is 4.72 Å². The van der Waals surface area contributed by atoms with E-state index < -0.39 is 20.1 Å². The van der Waals surface area contributed by atoms with Crippen molar-refractivity contribution in [1.82, 2.24) is 0 Å². The van der Waals surface area contributed by atoms with E-state index in [0.29, 0.717) is 11.1 Å². The zero-order valence-corrected chi connectivity index (χ0v) is 18.7. The molecule has 0 unspecified atom stereocenters. The van der Waals surface area contributed by atoms with Gasteiger partial charge in [-0.25, -0.2) is 8.42 Å². The summed E-state index contributed by atoms with van der Waals surface area (Å²) in [5.41, 5.74) is 7.36. The van der Waals surface area contributed by atoms with Gasteiger partial charge in [0.15, 0.2) is 0 Å². The third-order valence-corrected chi connectivity index (χ3v) is 7.37. The van der Waals surface area contributed by atoms with E-state index in [9.17, 15) is 16.8 Å². The molecule has 0 aliphatic heterocycles. The van der Waals surface area contributed by atoms with Gasteiger partial charge in [-0.05, 0) is 72.3 Å². The Kier molecular flexibility index (Phi) is 5.53. The van der Waals surface area contributed by atoms with Crippen LogP contribution in [0.5, 0.6) is 5.75 Å². The zero-order chi connectivity index (χ0) is 22.9. The molecule has 0 spiro atoms. The lowest BCUT2D eigenvalue weighted by Crippen LogP contribution is -2.14. The first-order chi connectivity index (χ1) is 15.1. The Bertz CT molecular complexity index is 1510. The molecule has 0 amide bonds. The molecule has 9 heteroatoms. The van der Waals surface area contributed by atoms with Gasteiger partial charge in [-0.2, -0.15) is 8.42 Å². The summed E-state index contributed by atoms with van der Waals surface area (Å²) in [5, 5.41) is 1.52. The molecular formula is C23H20N2O5S2. The fourth-order valence-corrected chi connectivity index (χ4v) is 5.17. The molecule has 4 aromatic carbocycles. The second-order valence-electron chi connectivity index (χ2n) is 7.25. The number of fused-ring (bicyclic) bond motifs is 1. The van der Waals surface area contributed by atoms with E-state index in [0.717, 1.165) is 10.9 Å². The lowest BCUT2D eigenvalue weighted by atomic mass is 10.1. The van der Waals surface area contributed by atoms with Crippen molar-refractivity contribution < 1.29 is 21.0 Å². The number of benzene rings is 4. The maximum absolute atomic E-state index is 12.9. The summed E-state index contributed by atoms with van der Waals surface area (Å²) in [5.74, 6) is 0.164. The quantitative estimate of drug-likeness (QED) is 0.322. The first-order valence-electron chi connectivity index (χ1n) is 9.56. The highest BCUT2D eigenvalue weighted by Gasteiger charge is 2.20. The van der Waals surface area contributed by atoms with Crippen molar-refractivity contribution >= 4 is 42.3 Å². The number of nitrogen functional groups attached to an aromatic ring is 1. The van der Waals surface area contributed by atoms with Crippen molar-refractivity contribution in [2.45, 2.75) is 16.7 Å². The Labute approximate surface area is 186 Å². The number of hydrogen-bond donors (Lipinski definition) is 2. The Morgan fingerprint density at radius 2 is 1.47 bits per heavy atom. The van der Waals surface area contributed by atoms with Gasteiger partial charge >= 0.3 is 10.1 Å². The largest absolute Gasteiger partial charge is 0.399 e. The number of rotatable bonds is 6. The van der Waals surface area contributed by atoms with Crippen molar-refractivity contribution in [2.24, 2.45) is 0 Å². The second kappa shape index (κ2) is 8.18. The van der Waals surface area contributed by atoms with Gasteiger partial charge in [0.1, 0.15) is 10.6 Å². The molecule has 0 saturated carbocycles. The van der Waals surface area contributed by atoms with Crippen LogP contribution in [-0.4, -0.2) is 16.8 Å². The van der Waals surface area contributed by atoms with Crippen LogP contribution in [0.2, 0.25) is 0 Å². The van der Waals surface area contributed by atoms with Crippen LogP contribution in [0, 0.1) is 6.92 Å². The minimum atomic E-state index is -4.15. The molecule has 4 aromatic rings. The molecule has 0 aliphatic rings. The molecule has 0 aliphatic carbocycles. The van der Waals surface area contributed by atoms with E-state index in [1.807, 2.05) is 6.92 Å². The summed E-state index contributed by atoms with van der Waals surface area (Å²) in [4.78, 5) is -0.149. The maximum atomic E-state index is 12.9. The Morgan fingerprint density at radius 3 is 2.22 bits per heavy atom. The van der Waals surface area contributed by atoms with Crippen LogP contribution in [0.25, 0.3) is 10.8 Å². The van der Waals surface area contributed by atoms with Crippen LogP contribution in [0.4, 0.5) is 11.4 Å². The Hall–Kier alpha value is -3.56. The third-order valence-electron chi connectivity index (χ3n) is 4.75. The van der Waals surface area contributed by atoms with Crippen molar-refractivity contribution in [3.8, 4) is 5.75 Å². The summed E-state index contributed by atoms with van der Waals surface area (Å²) < 4.78 is 58.6. The first-order valence-corrected chi connectivity index (χ1v) is 12.4. The van der Waals surface area contributed by atoms with E-state index in [1.54, 1.807) is 48.5 Å². The zero-order valence-electron chi connectivity index (χ0n) is 17.0. The van der Waals surface area contributed by atoms with Crippen molar-refractivity contribution in [2.75, 3.05) is 10.5 Å².